The first kappa shape index (κ1) is 11.0. The number of hydrogen-bond donors (Lipinski definition) is 2. The molecule has 2 heterocycles. The van der Waals surface area contributed by atoms with E-state index in [4.69, 9.17) is 0 Å². The molecule has 0 radical (unpaired) electrons. The molecule has 0 bridgehead atoms. The van der Waals surface area contributed by atoms with E-state index in [9.17, 15) is 0 Å². The van der Waals surface area contributed by atoms with Gasteiger partial charge in [0.2, 0.25) is 0 Å². The highest BCUT2D eigenvalue weighted by molar-refractivity contribution is 7.09. The second kappa shape index (κ2) is 5.58. The van der Waals surface area contributed by atoms with Crippen molar-refractivity contribution in [1.29, 1.82) is 0 Å². The Kier molecular flexibility index (Phi) is 4.11. The third-order valence-electron chi connectivity index (χ3n) is 3.02. The van der Waals surface area contributed by atoms with Gasteiger partial charge in [0.15, 0.2) is 0 Å². The Bertz CT molecular complexity index is 292. The van der Waals surface area contributed by atoms with E-state index in [-0.39, 0.29) is 0 Å². The van der Waals surface area contributed by atoms with Crippen molar-refractivity contribution in [3.05, 3.63) is 16.1 Å². The lowest BCUT2D eigenvalue weighted by Crippen LogP contribution is -2.19. The molecule has 0 aliphatic carbocycles. The van der Waals surface area contributed by atoms with Crippen molar-refractivity contribution in [2.75, 3.05) is 19.6 Å². The zero-order valence-electron chi connectivity index (χ0n) is 9.25. The number of hydrogen-bond acceptors (Lipinski definition) is 4. The quantitative estimate of drug-likeness (QED) is 0.746. The fraction of sp³-hybridized carbons (Fsp3) is 0.727. The number of nitrogens with zero attached hydrogens (tertiary/aromatic N) is 1. The highest BCUT2D eigenvalue weighted by Gasteiger charge is 2.13. The first-order chi connectivity index (χ1) is 7.36. The van der Waals surface area contributed by atoms with Crippen LogP contribution >= 0.6 is 11.3 Å². The molecular formula is C11H19N3S. The Morgan fingerprint density at radius 2 is 2.60 bits per heavy atom. The minimum Gasteiger partial charge on any atom is -0.316 e. The monoisotopic (exact) mass is 225 g/mol. The highest BCUT2D eigenvalue weighted by atomic mass is 32.1. The van der Waals surface area contributed by atoms with Gasteiger partial charge < -0.3 is 10.6 Å². The predicted octanol–water partition coefficient (Wildman–Crippen LogP) is 1.54. The highest BCUT2D eigenvalue weighted by Crippen LogP contribution is 2.13. The molecule has 1 atom stereocenters. The molecule has 0 amide bonds. The standard InChI is InChI=1S/C11H19N3S/c1-9-11(15-8-14-9)7-13-5-3-10-2-4-12-6-10/h8,10,12-13H,2-7H2,1H3. The molecule has 1 unspecified atom stereocenters. The summed E-state index contributed by atoms with van der Waals surface area (Å²) in [7, 11) is 0. The number of nitrogens with one attached hydrogen (secondary N) is 2. The molecule has 0 spiro atoms. The Hall–Kier alpha value is -0.450. The lowest BCUT2D eigenvalue weighted by atomic mass is 10.1. The van der Waals surface area contributed by atoms with Crippen molar-refractivity contribution in [1.82, 2.24) is 15.6 Å². The Morgan fingerprint density at radius 1 is 1.67 bits per heavy atom. The van der Waals surface area contributed by atoms with Gasteiger partial charge in [0.25, 0.3) is 0 Å². The number of aryl methyl sites for hydroxylation is 1. The summed E-state index contributed by atoms with van der Waals surface area (Å²) in [5.74, 6) is 0.889. The summed E-state index contributed by atoms with van der Waals surface area (Å²) >= 11 is 1.75. The van der Waals surface area contributed by atoms with E-state index in [0.717, 1.165) is 19.0 Å². The van der Waals surface area contributed by atoms with E-state index in [2.05, 4.69) is 22.5 Å². The summed E-state index contributed by atoms with van der Waals surface area (Å²) in [6, 6.07) is 0. The smallest absolute Gasteiger partial charge is 0.0798 e. The first-order valence-electron chi connectivity index (χ1n) is 5.66. The van der Waals surface area contributed by atoms with E-state index < -0.39 is 0 Å². The summed E-state index contributed by atoms with van der Waals surface area (Å²) in [5.41, 5.74) is 3.10. The molecule has 4 heteroatoms. The molecule has 0 saturated carbocycles. The molecule has 2 N–H and O–H groups in total. The van der Waals surface area contributed by atoms with Gasteiger partial charge in [0.05, 0.1) is 11.2 Å². The van der Waals surface area contributed by atoms with Crippen LogP contribution in [0.3, 0.4) is 0 Å². The van der Waals surface area contributed by atoms with Crippen LogP contribution in [0.15, 0.2) is 5.51 Å². The fourth-order valence-corrected chi connectivity index (χ4v) is 2.71. The van der Waals surface area contributed by atoms with Gasteiger partial charge >= 0.3 is 0 Å². The molecule has 84 valence electrons. The SMILES string of the molecule is Cc1ncsc1CNCCC1CCNC1. The molecular weight excluding hydrogens is 206 g/mol. The van der Waals surface area contributed by atoms with Gasteiger partial charge in [-0.1, -0.05) is 0 Å². The van der Waals surface area contributed by atoms with Gasteiger partial charge in [0.1, 0.15) is 0 Å². The molecule has 3 nitrogen and oxygen atoms in total. The third kappa shape index (κ3) is 3.26. The minimum absolute atomic E-state index is 0.889. The lowest BCUT2D eigenvalue weighted by Gasteiger charge is -2.08. The van der Waals surface area contributed by atoms with Gasteiger partial charge in [-0.2, -0.15) is 0 Å². The van der Waals surface area contributed by atoms with Crippen LogP contribution in [0, 0.1) is 12.8 Å². The molecule has 1 aromatic rings. The van der Waals surface area contributed by atoms with Crippen LogP contribution in [0.2, 0.25) is 0 Å². The van der Waals surface area contributed by atoms with Gasteiger partial charge in [-0.05, 0) is 45.3 Å². The van der Waals surface area contributed by atoms with Crippen molar-refractivity contribution >= 4 is 11.3 Å². The maximum atomic E-state index is 4.24. The van der Waals surface area contributed by atoms with E-state index in [1.54, 1.807) is 11.3 Å². The van der Waals surface area contributed by atoms with Crippen molar-refractivity contribution in [3.8, 4) is 0 Å². The molecule has 1 aliphatic rings. The van der Waals surface area contributed by atoms with Gasteiger partial charge in [-0.25, -0.2) is 4.98 Å². The van der Waals surface area contributed by atoms with Crippen molar-refractivity contribution in [3.63, 3.8) is 0 Å². The number of thiazole rings is 1. The predicted molar refractivity (Wildman–Crippen MR) is 64.2 cm³/mol. The van der Waals surface area contributed by atoms with Gasteiger partial charge in [-0.15, -0.1) is 11.3 Å². The lowest BCUT2D eigenvalue weighted by molar-refractivity contribution is 0.501. The number of aromatic nitrogens is 1. The Balaban J connectivity index is 1.60. The van der Waals surface area contributed by atoms with Crippen LogP contribution in [-0.2, 0) is 6.54 Å². The van der Waals surface area contributed by atoms with E-state index in [0.29, 0.717) is 0 Å². The van der Waals surface area contributed by atoms with Crippen LogP contribution in [0.25, 0.3) is 0 Å². The maximum Gasteiger partial charge on any atom is 0.0798 e. The molecule has 2 rings (SSSR count). The molecule has 0 aromatic carbocycles. The van der Waals surface area contributed by atoms with Crippen LogP contribution in [0.4, 0.5) is 0 Å². The summed E-state index contributed by atoms with van der Waals surface area (Å²) < 4.78 is 0. The summed E-state index contributed by atoms with van der Waals surface area (Å²) in [4.78, 5) is 5.62. The second-order valence-corrected chi connectivity index (χ2v) is 5.12. The molecule has 1 saturated heterocycles. The van der Waals surface area contributed by atoms with Crippen molar-refractivity contribution in [2.45, 2.75) is 26.3 Å². The Morgan fingerprint density at radius 3 is 3.27 bits per heavy atom. The molecule has 1 aromatic heterocycles. The van der Waals surface area contributed by atoms with E-state index >= 15 is 0 Å². The van der Waals surface area contributed by atoms with Crippen LogP contribution in [-0.4, -0.2) is 24.6 Å². The minimum atomic E-state index is 0.889. The molecule has 1 fully saturated rings. The topological polar surface area (TPSA) is 37.0 Å². The van der Waals surface area contributed by atoms with Crippen molar-refractivity contribution < 1.29 is 0 Å². The van der Waals surface area contributed by atoms with Gasteiger partial charge in [0, 0.05) is 11.4 Å². The third-order valence-corrected chi connectivity index (χ3v) is 3.96. The van der Waals surface area contributed by atoms with Crippen LogP contribution < -0.4 is 10.6 Å². The average molecular weight is 225 g/mol. The van der Waals surface area contributed by atoms with E-state index in [1.165, 1.54) is 36.5 Å². The fourth-order valence-electron chi connectivity index (χ4n) is 1.96. The normalized spacial score (nSPS) is 21.0. The van der Waals surface area contributed by atoms with Crippen LogP contribution in [0.5, 0.6) is 0 Å². The number of rotatable bonds is 5. The zero-order chi connectivity index (χ0) is 10.5. The summed E-state index contributed by atoms with van der Waals surface area (Å²) in [6.45, 7) is 6.61. The largest absolute Gasteiger partial charge is 0.316 e. The second-order valence-electron chi connectivity index (χ2n) is 4.19. The zero-order valence-corrected chi connectivity index (χ0v) is 10.1. The summed E-state index contributed by atoms with van der Waals surface area (Å²) in [6.07, 6.45) is 2.64. The van der Waals surface area contributed by atoms with Crippen molar-refractivity contribution in [2.24, 2.45) is 5.92 Å². The Labute approximate surface area is 95.3 Å². The van der Waals surface area contributed by atoms with Gasteiger partial charge in [-0.3, -0.25) is 0 Å². The summed E-state index contributed by atoms with van der Waals surface area (Å²) in [5, 5.41) is 6.90. The molecule has 1 aliphatic heterocycles. The maximum absolute atomic E-state index is 4.24. The van der Waals surface area contributed by atoms with E-state index in [1.807, 2.05) is 5.51 Å². The first-order valence-corrected chi connectivity index (χ1v) is 6.54. The van der Waals surface area contributed by atoms with Crippen LogP contribution in [0.1, 0.15) is 23.4 Å². The average Bonchev–Trinajstić information content (AvgIpc) is 2.85. The molecule has 15 heavy (non-hydrogen) atoms.